The molecule has 1 unspecified atom stereocenters. The fraction of sp³-hybridized carbons (Fsp3) is 0.278. The molecule has 0 aliphatic carbocycles. The van der Waals surface area contributed by atoms with E-state index in [-0.39, 0.29) is 11.0 Å². The highest BCUT2D eigenvalue weighted by Crippen LogP contribution is 2.31. The van der Waals surface area contributed by atoms with Crippen molar-refractivity contribution in [1.82, 2.24) is 14.8 Å². The van der Waals surface area contributed by atoms with E-state index in [0.29, 0.717) is 33.8 Å². The number of methoxy groups -OCH3 is 2. The number of ketones is 1. The van der Waals surface area contributed by atoms with Gasteiger partial charge in [0, 0.05) is 12.6 Å². The summed E-state index contributed by atoms with van der Waals surface area (Å²) < 4.78 is 17.6. The summed E-state index contributed by atoms with van der Waals surface area (Å²) in [6.45, 7) is 1.84. The largest absolute Gasteiger partial charge is 0.493 e. The number of rotatable bonds is 7. The quantitative estimate of drug-likeness (QED) is 0.463. The van der Waals surface area contributed by atoms with Crippen molar-refractivity contribution in [3.63, 3.8) is 0 Å². The van der Waals surface area contributed by atoms with Crippen LogP contribution in [0.2, 0.25) is 0 Å². The van der Waals surface area contributed by atoms with Crippen molar-refractivity contribution in [2.24, 2.45) is 7.05 Å². The second kappa shape index (κ2) is 7.65. The lowest BCUT2D eigenvalue weighted by atomic mass is 10.1. The Morgan fingerprint density at radius 3 is 2.62 bits per heavy atom. The number of hydrogen-bond donors (Lipinski definition) is 0. The summed E-state index contributed by atoms with van der Waals surface area (Å²) in [5.41, 5.74) is 0.552. The first-order valence-corrected chi connectivity index (χ1v) is 8.79. The number of aromatic nitrogens is 3. The van der Waals surface area contributed by atoms with Gasteiger partial charge in [-0.05, 0) is 37.3 Å². The average Bonchev–Trinajstić information content (AvgIpc) is 3.31. The summed E-state index contributed by atoms with van der Waals surface area (Å²) in [4.78, 5) is 12.8. The van der Waals surface area contributed by atoms with Gasteiger partial charge in [-0.2, -0.15) is 0 Å². The van der Waals surface area contributed by atoms with Gasteiger partial charge in [-0.3, -0.25) is 4.79 Å². The highest BCUT2D eigenvalue weighted by atomic mass is 32.2. The lowest BCUT2D eigenvalue weighted by Gasteiger charge is -2.12. The molecule has 0 aliphatic rings. The lowest BCUT2D eigenvalue weighted by molar-refractivity contribution is 0.0993. The molecular weight excluding hydrogens is 354 g/mol. The third-order valence-electron chi connectivity index (χ3n) is 3.90. The van der Waals surface area contributed by atoms with Crippen molar-refractivity contribution in [3.05, 3.63) is 42.2 Å². The smallest absolute Gasteiger partial charge is 0.200 e. The Bertz CT molecular complexity index is 905. The van der Waals surface area contributed by atoms with Crippen molar-refractivity contribution >= 4 is 17.5 Å². The maximum Gasteiger partial charge on any atom is 0.200 e. The first-order chi connectivity index (χ1) is 12.5. The second-order valence-corrected chi connectivity index (χ2v) is 6.84. The van der Waals surface area contributed by atoms with Crippen molar-refractivity contribution in [2.75, 3.05) is 14.2 Å². The lowest BCUT2D eigenvalue weighted by Crippen LogP contribution is -2.14. The fourth-order valence-corrected chi connectivity index (χ4v) is 3.37. The summed E-state index contributed by atoms with van der Waals surface area (Å²) in [5, 5.41) is 8.60. The average molecular weight is 373 g/mol. The number of benzene rings is 1. The van der Waals surface area contributed by atoms with E-state index in [2.05, 4.69) is 10.2 Å². The predicted octanol–water partition coefficient (Wildman–Crippen LogP) is 3.46. The predicted molar refractivity (Wildman–Crippen MR) is 97.9 cm³/mol. The van der Waals surface area contributed by atoms with Gasteiger partial charge in [0.1, 0.15) is 0 Å². The molecule has 0 fully saturated rings. The van der Waals surface area contributed by atoms with Crippen LogP contribution in [0.1, 0.15) is 17.3 Å². The third-order valence-corrected chi connectivity index (χ3v) is 5.03. The minimum absolute atomic E-state index is 0.0292. The van der Waals surface area contributed by atoms with Crippen LogP contribution in [0.5, 0.6) is 11.5 Å². The Labute approximate surface area is 155 Å². The van der Waals surface area contributed by atoms with Crippen molar-refractivity contribution in [2.45, 2.75) is 17.3 Å². The van der Waals surface area contributed by atoms with Crippen molar-refractivity contribution < 1.29 is 18.7 Å². The molecule has 3 aromatic rings. The number of furan rings is 1. The molecule has 0 N–H and O–H groups in total. The zero-order chi connectivity index (χ0) is 18.7. The highest BCUT2D eigenvalue weighted by Gasteiger charge is 2.22. The van der Waals surface area contributed by atoms with E-state index in [0.717, 1.165) is 0 Å². The molecule has 0 radical (unpaired) electrons. The first-order valence-electron chi connectivity index (χ1n) is 7.91. The number of nitrogens with zero attached hydrogens (tertiary/aromatic N) is 3. The van der Waals surface area contributed by atoms with Crippen molar-refractivity contribution in [1.29, 1.82) is 0 Å². The van der Waals surface area contributed by atoms with Crippen LogP contribution in [-0.2, 0) is 7.05 Å². The summed E-state index contributed by atoms with van der Waals surface area (Å²) in [6.07, 6.45) is 1.58. The van der Waals surface area contributed by atoms with Gasteiger partial charge in [-0.15, -0.1) is 10.2 Å². The van der Waals surface area contributed by atoms with E-state index >= 15 is 0 Å². The minimum atomic E-state index is -0.347. The fourth-order valence-electron chi connectivity index (χ4n) is 2.47. The van der Waals surface area contributed by atoms with Gasteiger partial charge in [0.2, 0.25) is 0 Å². The van der Waals surface area contributed by atoms with E-state index in [1.165, 1.54) is 11.8 Å². The Balaban J connectivity index is 1.78. The molecule has 0 aliphatic heterocycles. The van der Waals surface area contributed by atoms with E-state index < -0.39 is 0 Å². The minimum Gasteiger partial charge on any atom is -0.493 e. The number of carbonyl (C=O) groups excluding carboxylic acids is 1. The molecule has 2 heterocycles. The zero-order valence-corrected chi connectivity index (χ0v) is 15.7. The van der Waals surface area contributed by atoms with Gasteiger partial charge in [0.05, 0.1) is 25.7 Å². The van der Waals surface area contributed by atoms with Crippen LogP contribution >= 0.6 is 11.8 Å². The number of carbonyl (C=O) groups is 1. The van der Waals surface area contributed by atoms with Gasteiger partial charge < -0.3 is 18.5 Å². The Kier molecular flexibility index (Phi) is 5.32. The highest BCUT2D eigenvalue weighted by molar-refractivity contribution is 8.00. The molecule has 0 spiro atoms. The molecule has 1 aromatic carbocycles. The Hall–Kier alpha value is -2.74. The van der Waals surface area contributed by atoms with Gasteiger partial charge in [-0.25, -0.2) is 0 Å². The van der Waals surface area contributed by atoms with E-state index in [4.69, 9.17) is 13.9 Å². The topological polar surface area (TPSA) is 79.4 Å². The molecular formula is C18H19N3O4S. The standard InChI is InChI=1S/C18H19N3O4S/c1-11(16(22)12-7-8-13(23-3)15(10-12)24-4)26-18-20-19-17(21(18)2)14-6-5-9-25-14/h5-11H,1-4H3. The summed E-state index contributed by atoms with van der Waals surface area (Å²) >= 11 is 1.34. The molecule has 0 bridgehead atoms. The monoisotopic (exact) mass is 373 g/mol. The molecule has 26 heavy (non-hydrogen) atoms. The van der Waals surface area contributed by atoms with Gasteiger partial charge in [0.15, 0.2) is 34.0 Å². The molecule has 0 saturated heterocycles. The number of hydrogen-bond acceptors (Lipinski definition) is 7. The van der Waals surface area contributed by atoms with Crippen LogP contribution in [0, 0.1) is 0 Å². The Morgan fingerprint density at radius 2 is 1.96 bits per heavy atom. The van der Waals surface area contributed by atoms with Crippen LogP contribution in [0.15, 0.2) is 46.2 Å². The SMILES string of the molecule is COc1ccc(C(=O)C(C)Sc2nnc(-c3ccco3)n2C)cc1OC. The van der Waals surface area contributed by atoms with Crippen LogP contribution in [0.25, 0.3) is 11.6 Å². The van der Waals surface area contributed by atoms with E-state index in [9.17, 15) is 4.79 Å². The molecule has 0 saturated carbocycles. The van der Waals surface area contributed by atoms with Gasteiger partial charge in [0.25, 0.3) is 0 Å². The third kappa shape index (κ3) is 3.45. The number of thioether (sulfide) groups is 1. The van der Waals surface area contributed by atoms with Crippen LogP contribution in [-0.4, -0.2) is 40.0 Å². The van der Waals surface area contributed by atoms with Crippen LogP contribution in [0.4, 0.5) is 0 Å². The molecule has 3 rings (SSSR count). The summed E-state index contributed by atoms with van der Waals surface area (Å²) in [5.74, 6) is 2.32. The van der Waals surface area contributed by atoms with E-state index in [1.54, 1.807) is 44.7 Å². The molecule has 136 valence electrons. The first kappa shape index (κ1) is 18.1. The molecule has 8 heteroatoms. The molecule has 0 amide bonds. The second-order valence-electron chi connectivity index (χ2n) is 5.54. The van der Waals surface area contributed by atoms with E-state index in [1.807, 2.05) is 24.6 Å². The van der Waals surface area contributed by atoms with Crippen LogP contribution < -0.4 is 9.47 Å². The van der Waals surface area contributed by atoms with Gasteiger partial charge in [-0.1, -0.05) is 11.8 Å². The molecule has 1 atom stereocenters. The van der Waals surface area contributed by atoms with Gasteiger partial charge >= 0.3 is 0 Å². The van der Waals surface area contributed by atoms with Crippen LogP contribution in [0.3, 0.4) is 0 Å². The molecule has 7 nitrogen and oxygen atoms in total. The molecule has 2 aromatic heterocycles. The zero-order valence-electron chi connectivity index (χ0n) is 14.9. The maximum absolute atomic E-state index is 12.8. The van der Waals surface area contributed by atoms with Crippen molar-refractivity contribution in [3.8, 4) is 23.1 Å². The summed E-state index contributed by atoms with van der Waals surface area (Å²) in [7, 11) is 4.94. The Morgan fingerprint density at radius 1 is 1.19 bits per heavy atom. The number of ether oxygens (including phenoxy) is 2. The summed E-state index contributed by atoms with van der Waals surface area (Å²) in [6, 6.07) is 8.74. The normalized spacial score (nSPS) is 12.0. The number of Topliss-reactive ketones (excluding diaryl/α,β-unsaturated/α-hetero) is 1. The maximum atomic E-state index is 12.8.